The molecule has 0 saturated carbocycles. The molecule has 2 aromatic heterocycles. The zero-order valence-corrected chi connectivity index (χ0v) is 16.5. The number of nitrogens with one attached hydrogen (secondary N) is 1. The maximum Gasteiger partial charge on any atom is 0.387 e. The summed E-state index contributed by atoms with van der Waals surface area (Å²) in [6, 6.07) is 6.60. The van der Waals surface area contributed by atoms with Gasteiger partial charge in [0, 0.05) is 46.3 Å². The molecule has 1 saturated heterocycles. The van der Waals surface area contributed by atoms with Crippen LogP contribution in [0, 0.1) is 0 Å². The van der Waals surface area contributed by atoms with Crippen molar-refractivity contribution in [2.45, 2.75) is 25.5 Å². The fourth-order valence-electron chi connectivity index (χ4n) is 3.67. The van der Waals surface area contributed by atoms with Gasteiger partial charge in [0.1, 0.15) is 11.4 Å². The van der Waals surface area contributed by atoms with E-state index in [1.807, 2.05) is 0 Å². The molecule has 3 heterocycles. The lowest BCUT2D eigenvalue weighted by molar-refractivity contribution is -0.0494. The average Bonchev–Trinajstić information content (AvgIpc) is 2.68. The van der Waals surface area contributed by atoms with E-state index in [0.717, 1.165) is 36.7 Å². The molecule has 9 heteroatoms. The quantitative estimate of drug-likeness (QED) is 0.659. The summed E-state index contributed by atoms with van der Waals surface area (Å²) in [5.41, 5.74) is 0.823. The Labute approximate surface area is 171 Å². The van der Waals surface area contributed by atoms with Crippen molar-refractivity contribution in [3.8, 4) is 17.0 Å². The van der Waals surface area contributed by atoms with Gasteiger partial charge in [0.05, 0.1) is 0 Å². The normalized spacial score (nSPS) is 17.6. The molecular formula is C20H20ClF2N5O. The Hall–Kier alpha value is -2.58. The predicted octanol–water partition coefficient (Wildman–Crippen LogP) is 4.45. The molecule has 0 bridgehead atoms. The van der Waals surface area contributed by atoms with Gasteiger partial charge >= 0.3 is 6.61 Å². The van der Waals surface area contributed by atoms with Gasteiger partial charge in [0.15, 0.2) is 5.82 Å². The van der Waals surface area contributed by atoms with Crippen molar-refractivity contribution in [2.75, 3.05) is 25.5 Å². The molecule has 0 aliphatic carbocycles. The Morgan fingerprint density at radius 2 is 2.10 bits per heavy atom. The molecule has 29 heavy (non-hydrogen) atoms. The summed E-state index contributed by atoms with van der Waals surface area (Å²) in [6.45, 7) is -0.985. The zero-order valence-electron chi connectivity index (χ0n) is 15.8. The van der Waals surface area contributed by atoms with Gasteiger partial charge in [-0.15, -0.1) is 10.2 Å². The van der Waals surface area contributed by atoms with E-state index in [4.69, 9.17) is 11.6 Å². The molecule has 1 aromatic carbocycles. The fourth-order valence-corrected chi connectivity index (χ4v) is 3.83. The van der Waals surface area contributed by atoms with Gasteiger partial charge in [0.2, 0.25) is 0 Å². The van der Waals surface area contributed by atoms with E-state index >= 15 is 0 Å². The molecular weight excluding hydrogens is 400 g/mol. The first-order chi connectivity index (χ1) is 14.0. The number of fused-ring (bicyclic) bond motifs is 1. The molecule has 0 radical (unpaired) electrons. The number of benzene rings is 1. The molecule has 1 aliphatic heterocycles. The molecule has 6 nitrogen and oxygen atoms in total. The number of rotatable bonds is 5. The summed E-state index contributed by atoms with van der Waals surface area (Å²) < 4.78 is 30.5. The summed E-state index contributed by atoms with van der Waals surface area (Å²) in [7, 11) is 2.09. The Morgan fingerprint density at radius 3 is 2.90 bits per heavy atom. The van der Waals surface area contributed by atoms with E-state index < -0.39 is 6.61 Å². The van der Waals surface area contributed by atoms with Crippen LogP contribution in [0.1, 0.15) is 12.8 Å². The smallest absolute Gasteiger partial charge is 0.387 e. The third-order valence-electron chi connectivity index (χ3n) is 4.96. The first-order valence-electron chi connectivity index (χ1n) is 9.31. The van der Waals surface area contributed by atoms with Crippen LogP contribution in [0.15, 0.2) is 36.7 Å². The molecule has 1 fully saturated rings. The standard InChI is InChI=1S/C20H20ClF2N5O/c1-28-8-2-3-13(11-28)25-19-16-10-24-7-6-14(16)18(26-27-19)15-5-4-12(21)9-17(15)29-20(22)23/h4-7,9-10,13,20H,2-3,8,11H2,1H3,(H,25,27)/t13-/m1/s1. The number of halogens is 3. The Bertz CT molecular complexity index is 1020. The first kappa shape index (κ1) is 19.7. The SMILES string of the molecule is CN1CCC[C@@H](Nc2nnc(-c3ccc(Cl)cc3OC(F)F)c3ccncc23)C1. The van der Waals surface area contributed by atoms with Gasteiger partial charge in [-0.05, 0) is 50.7 Å². The summed E-state index contributed by atoms with van der Waals surface area (Å²) in [6.07, 6.45) is 5.48. The molecule has 3 aromatic rings. The van der Waals surface area contributed by atoms with Crippen LogP contribution in [0.5, 0.6) is 5.75 Å². The summed E-state index contributed by atoms with van der Waals surface area (Å²) in [4.78, 5) is 6.48. The summed E-state index contributed by atoms with van der Waals surface area (Å²) >= 11 is 5.97. The van der Waals surface area contributed by atoms with Crippen molar-refractivity contribution >= 4 is 28.2 Å². The van der Waals surface area contributed by atoms with E-state index in [-0.39, 0.29) is 11.8 Å². The highest BCUT2D eigenvalue weighted by Gasteiger charge is 2.21. The highest BCUT2D eigenvalue weighted by atomic mass is 35.5. The second kappa shape index (κ2) is 8.42. The van der Waals surface area contributed by atoms with Gasteiger partial charge in [-0.1, -0.05) is 11.6 Å². The molecule has 0 unspecified atom stereocenters. The topological polar surface area (TPSA) is 63.2 Å². The molecule has 1 atom stereocenters. The van der Waals surface area contributed by atoms with Crippen molar-refractivity contribution in [1.82, 2.24) is 20.1 Å². The van der Waals surface area contributed by atoms with Gasteiger partial charge in [-0.25, -0.2) is 0 Å². The van der Waals surface area contributed by atoms with Crippen LogP contribution in [-0.2, 0) is 0 Å². The van der Waals surface area contributed by atoms with E-state index in [0.29, 0.717) is 22.1 Å². The number of hydrogen-bond donors (Lipinski definition) is 1. The van der Waals surface area contributed by atoms with E-state index in [9.17, 15) is 8.78 Å². The first-order valence-corrected chi connectivity index (χ1v) is 9.69. The number of likely N-dealkylation sites (N-methyl/N-ethyl adjacent to an activating group) is 1. The van der Waals surface area contributed by atoms with Crippen LogP contribution >= 0.6 is 11.6 Å². The number of pyridine rings is 1. The van der Waals surface area contributed by atoms with Crippen LogP contribution in [0.2, 0.25) is 5.02 Å². The largest absolute Gasteiger partial charge is 0.434 e. The molecule has 152 valence electrons. The number of anilines is 1. The monoisotopic (exact) mass is 419 g/mol. The van der Waals surface area contributed by atoms with Crippen LogP contribution < -0.4 is 10.1 Å². The van der Waals surface area contributed by atoms with Crippen LogP contribution in [-0.4, -0.2) is 52.9 Å². The number of nitrogens with zero attached hydrogens (tertiary/aromatic N) is 4. The van der Waals surface area contributed by atoms with E-state index in [1.165, 1.54) is 6.07 Å². The number of ether oxygens (including phenoxy) is 1. The Morgan fingerprint density at radius 1 is 1.24 bits per heavy atom. The van der Waals surface area contributed by atoms with Crippen molar-refractivity contribution in [3.05, 3.63) is 41.7 Å². The summed E-state index contributed by atoms with van der Waals surface area (Å²) in [5, 5.41) is 13.9. The second-order valence-electron chi connectivity index (χ2n) is 7.08. The highest BCUT2D eigenvalue weighted by Crippen LogP contribution is 2.37. The number of aromatic nitrogens is 3. The lowest BCUT2D eigenvalue weighted by Gasteiger charge is -2.30. The van der Waals surface area contributed by atoms with Gasteiger partial charge in [-0.2, -0.15) is 8.78 Å². The molecule has 4 rings (SSSR count). The number of piperidine rings is 1. The minimum absolute atomic E-state index is 0.0467. The second-order valence-corrected chi connectivity index (χ2v) is 7.52. The van der Waals surface area contributed by atoms with Crippen LogP contribution in [0.3, 0.4) is 0 Å². The fraction of sp³-hybridized carbons (Fsp3) is 0.350. The molecule has 1 N–H and O–H groups in total. The van der Waals surface area contributed by atoms with Crippen LogP contribution in [0.4, 0.5) is 14.6 Å². The van der Waals surface area contributed by atoms with Crippen molar-refractivity contribution in [1.29, 1.82) is 0 Å². The molecule has 0 spiro atoms. The van der Waals surface area contributed by atoms with E-state index in [2.05, 4.69) is 37.2 Å². The Balaban J connectivity index is 1.76. The zero-order chi connectivity index (χ0) is 20.4. The lowest BCUT2D eigenvalue weighted by Crippen LogP contribution is -2.40. The highest BCUT2D eigenvalue weighted by molar-refractivity contribution is 6.30. The van der Waals surface area contributed by atoms with Crippen molar-refractivity contribution in [2.24, 2.45) is 0 Å². The van der Waals surface area contributed by atoms with Crippen molar-refractivity contribution in [3.63, 3.8) is 0 Å². The third-order valence-corrected chi connectivity index (χ3v) is 5.20. The van der Waals surface area contributed by atoms with Crippen molar-refractivity contribution < 1.29 is 13.5 Å². The van der Waals surface area contributed by atoms with Crippen LogP contribution in [0.25, 0.3) is 22.0 Å². The third kappa shape index (κ3) is 4.38. The Kier molecular flexibility index (Phi) is 5.73. The molecule has 0 amide bonds. The maximum atomic E-state index is 12.9. The molecule has 1 aliphatic rings. The minimum Gasteiger partial charge on any atom is -0.434 e. The predicted molar refractivity (Wildman–Crippen MR) is 109 cm³/mol. The van der Waals surface area contributed by atoms with Gasteiger partial charge < -0.3 is 15.0 Å². The maximum absolute atomic E-state index is 12.9. The van der Waals surface area contributed by atoms with Gasteiger partial charge in [-0.3, -0.25) is 4.98 Å². The van der Waals surface area contributed by atoms with E-state index in [1.54, 1.807) is 30.6 Å². The minimum atomic E-state index is -2.97. The number of alkyl halides is 2. The number of likely N-dealkylation sites (tertiary alicyclic amines) is 1. The lowest BCUT2D eigenvalue weighted by atomic mass is 10.0. The average molecular weight is 420 g/mol. The van der Waals surface area contributed by atoms with Gasteiger partial charge in [0.25, 0.3) is 0 Å². The number of hydrogen-bond acceptors (Lipinski definition) is 6. The summed E-state index contributed by atoms with van der Waals surface area (Å²) in [5.74, 6) is 0.581.